The van der Waals surface area contributed by atoms with Crippen LogP contribution in [-0.4, -0.2) is 33.1 Å². The molecule has 0 bridgehead atoms. The fourth-order valence-electron chi connectivity index (χ4n) is 2.90. The quantitative estimate of drug-likeness (QED) is 0.0529. The first-order valence-electron chi connectivity index (χ1n) is 12.9. The molecule has 0 saturated carbocycles. The van der Waals surface area contributed by atoms with Crippen LogP contribution in [0.25, 0.3) is 0 Å². The van der Waals surface area contributed by atoms with Crippen LogP contribution in [-0.2, 0) is 17.3 Å². The van der Waals surface area contributed by atoms with Crippen molar-refractivity contribution in [3.05, 3.63) is 29.1 Å². The van der Waals surface area contributed by atoms with Crippen molar-refractivity contribution in [1.82, 2.24) is 0 Å². The Morgan fingerprint density at radius 2 is 0.892 bits per heavy atom. The Balaban J connectivity index is -0.00000179. The molecule has 0 saturated heterocycles. The zero-order chi connectivity index (χ0) is 29.4. The Kier molecular flexibility index (Phi) is 26.9. The molecule has 0 heterocycles. The fourth-order valence-corrected chi connectivity index (χ4v) is 4.37. The van der Waals surface area contributed by atoms with E-state index >= 15 is 0 Å². The molecule has 1 aromatic carbocycles. The minimum atomic E-state index is -2.30. The standard InChI is InChI=1S/C20H29F5O5S.3C2H6/c1-27-31(28-2,29-3)13-11-9-7-5-4-6-8-10-12-14(26)30-20-18(24)16(22)15(21)17(23)19(20)25;3*1-2/h4-13H2,1-3H3;3*1-2H3. The van der Waals surface area contributed by atoms with E-state index in [0.717, 1.165) is 38.5 Å². The molecule has 1 aromatic rings. The predicted octanol–water partition coefficient (Wildman–Crippen LogP) is 9.37. The van der Waals surface area contributed by atoms with Crippen LogP contribution in [0.5, 0.6) is 5.75 Å². The largest absolute Gasteiger partial charge is 0.420 e. The first kappa shape index (κ1) is 40.1. The van der Waals surface area contributed by atoms with Crippen LogP contribution < -0.4 is 4.74 Å². The van der Waals surface area contributed by atoms with Gasteiger partial charge in [-0.2, -0.15) is 8.78 Å². The molecular formula is C26H47F5O5S. The summed E-state index contributed by atoms with van der Waals surface area (Å²) in [6, 6.07) is 0. The summed E-state index contributed by atoms with van der Waals surface area (Å²) in [6.45, 7) is 12.0. The summed E-state index contributed by atoms with van der Waals surface area (Å²) < 4.78 is 86.4. The number of halogens is 5. The third kappa shape index (κ3) is 14.9. The van der Waals surface area contributed by atoms with Crippen molar-refractivity contribution in [2.75, 3.05) is 27.1 Å². The number of esters is 1. The van der Waals surface area contributed by atoms with Gasteiger partial charge in [0.2, 0.25) is 34.8 Å². The summed E-state index contributed by atoms with van der Waals surface area (Å²) in [4.78, 5) is 11.7. The normalized spacial score (nSPS) is 10.8. The Hall–Kier alpha value is -1.43. The second-order valence-corrected chi connectivity index (χ2v) is 9.24. The monoisotopic (exact) mass is 566 g/mol. The molecule has 0 aromatic heterocycles. The Morgan fingerprint density at radius 3 is 1.27 bits per heavy atom. The molecule has 0 aliphatic carbocycles. The van der Waals surface area contributed by atoms with Gasteiger partial charge in [-0.3, -0.25) is 17.3 Å². The summed E-state index contributed by atoms with van der Waals surface area (Å²) >= 11 is 0. The van der Waals surface area contributed by atoms with Gasteiger partial charge < -0.3 is 4.74 Å². The number of benzene rings is 1. The molecule has 5 nitrogen and oxygen atoms in total. The summed E-state index contributed by atoms with van der Waals surface area (Å²) in [6.07, 6.45) is 6.61. The molecule has 11 heteroatoms. The second-order valence-electron chi connectivity index (χ2n) is 6.71. The molecule has 0 amide bonds. The Bertz CT molecular complexity index is 682. The van der Waals surface area contributed by atoms with E-state index in [-0.39, 0.29) is 6.42 Å². The van der Waals surface area contributed by atoms with Gasteiger partial charge in [0.1, 0.15) is 0 Å². The third-order valence-electron chi connectivity index (χ3n) is 4.67. The van der Waals surface area contributed by atoms with Crippen LogP contribution >= 0.6 is 10.9 Å². The van der Waals surface area contributed by atoms with E-state index < -0.39 is 51.7 Å². The number of unbranched alkanes of at least 4 members (excludes halogenated alkanes) is 7. The van der Waals surface area contributed by atoms with E-state index in [1.165, 1.54) is 0 Å². The minimum absolute atomic E-state index is 0.185. The number of carbonyl (C=O) groups is 1. The average Bonchev–Trinajstić information content (AvgIpc) is 2.95. The van der Waals surface area contributed by atoms with Gasteiger partial charge in [-0.25, -0.2) is 13.2 Å². The number of ether oxygens (including phenoxy) is 1. The van der Waals surface area contributed by atoms with Gasteiger partial charge in [-0.15, -0.1) is 0 Å². The van der Waals surface area contributed by atoms with Gasteiger partial charge in [0, 0.05) is 12.2 Å². The van der Waals surface area contributed by atoms with E-state index in [4.69, 9.17) is 12.5 Å². The number of hydrogen-bond acceptors (Lipinski definition) is 5. The summed E-state index contributed by atoms with van der Waals surface area (Å²) in [5, 5.41) is 0. The highest BCUT2D eigenvalue weighted by Crippen LogP contribution is 2.49. The maximum atomic E-state index is 13.5. The fraction of sp³-hybridized carbons (Fsp3) is 0.731. The van der Waals surface area contributed by atoms with E-state index in [1.807, 2.05) is 41.5 Å². The molecule has 222 valence electrons. The second kappa shape index (κ2) is 24.9. The van der Waals surface area contributed by atoms with Crippen LogP contribution in [0.1, 0.15) is 99.3 Å². The SMILES string of the molecule is CC.CC.CC.COS(CCCCCCCCCCC(=O)Oc1c(F)c(F)c(F)c(F)c1F)(OC)OC. The Labute approximate surface area is 222 Å². The molecule has 0 aliphatic rings. The summed E-state index contributed by atoms with van der Waals surface area (Å²) in [5.74, 6) is -12.9. The summed E-state index contributed by atoms with van der Waals surface area (Å²) in [7, 11) is 2.76. The Morgan fingerprint density at radius 1 is 0.568 bits per heavy atom. The first-order chi connectivity index (χ1) is 17.7. The van der Waals surface area contributed by atoms with E-state index in [1.54, 1.807) is 21.3 Å². The van der Waals surface area contributed by atoms with Crippen molar-refractivity contribution in [3.63, 3.8) is 0 Å². The summed E-state index contributed by atoms with van der Waals surface area (Å²) in [5.41, 5.74) is 0. The van der Waals surface area contributed by atoms with Crippen LogP contribution in [0, 0.1) is 29.1 Å². The molecule has 0 radical (unpaired) electrons. The van der Waals surface area contributed by atoms with Crippen LogP contribution in [0.3, 0.4) is 0 Å². The van der Waals surface area contributed by atoms with Gasteiger partial charge in [-0.1, -0.05) is 80.1 Å². The van der Waals surface area contributed by atoms with E-state index in [9.17, 15) is 26.7 Å². The lowest BCUT2D eigenvalue weighted by molar-refractivity contribution is -0.135. The maximum Gasteiger partial charge on any atom is 0.311 e. The smallest absolute Gasteiger partial charge is 0.311 e. The van der Waals surface area contributed by atoms with Crippen molar-refractivity contribution in [2.24, 2.45) is 0 Å². The first-order valence-corrected chi connectivity index (χ1v) is 14.5. The van der Waals surface area contributed by atoms with Crippen LogP contribution in [0.4, 0.5) is 22.0 Å². The number of hydrogen-bond donors (Lipinski definition) is 0. The molecule has 0 fully saturated rings. The van der Waals surface area contributed by atoms with Crippen molar-refractivity contribution in [2.45, 2.75) is 99.3 Å². The third-order valence-corrected chi connectivity index (χ3v) is 6.98. The molecule has 0 N–H and O–H groups in total. The highest BCUT2D eigenvalue weighted by Gasteiger charge is 2.28. The van der Waals surface area contributed by atoms with E-state index in [0.29, 0.717) is 18.6 Å². The highest BCUT2D eigenvalue weighted by molar-refractivity contribution is 8.21. The molecule has 37 heavy (non-hydrogen) atoms. The van der Waals surface area contributed by atoms with Gasteiger partial charge in [0.05, 0.1) is 32.2 Å². The van der Waals surface area contributed by atoms with Crippen molar-refractivity contribution >= 4 is 16.8 Å². The maximum absolute atomic E-state index is 13.5. The lowest BCUT2D eigenvalue weighted by Crippen LogP contribution is -2.13. The number of rotatable bonds is 15. The zero-order valence-corrected chi connectivity index (χ0v) is 24.7. The van der Waals surface area contributed by atoms with Crippen molar-refractivity contribution in [3.8, 4) is 5.75 Å². The number of carbonyl (C=O) groups excluding carboxylic acids is 1. The minimum Gasteiger partial charge on any atom is -0.420 e. The lowest BCUT2D eigenvalue weighted by atomic mass is 10.1. The molecule has 0 unspecified atom stereocenters. The van der Waals surface area contributed by atoms with Gasteiger partial charge in [-0.05, 0) is 12.8 Å². The lowest BCUT2D eigenvalue weighted by Gasteiger charge is -2.33. The van der Waals surface area contributed by atoms with Crippen LogP contribution in [0.15, 0.2) is 0 Å². The van der Waals surface area contributed by atoms with Crippen molar-refractivity contribution < 1.29 is 44.0 Å². The van der Waals surface area contributed by atoms with Gasteiger partial charge in [0.15, 0.2) is 0 Å². The molecular weight excluding hydrogens is 519 g/mol. The van der Waals surface area contributed by atoms with Crippen LogP contribution in [0.2, 0.25) is 0 Å². The van der Waals surface area contributed by atoms with Gasteiger partial charge in [0.25, 0.3) is 0 Å². The zero-order valence-electron chi connectivity index (χ0n) is 23.9. The topological polar surface area (TPSA) is 54.0 Å². The predicted molar refractivity (Wildman–Crippen MR) is 141 cm³/mol. The molecule has 1 rings (SSSR count). The molecule has 0 aliphatic heterocycles. The van der Waals surface area contributed by atoms with Crippen molar-refractivity contribution in [1.29, 1.82) is 0 Å². The average molecular weight is 567 g/mol. The van der Waals surface area contributed by atoms with Gasteiger partial charge >= 0.3 is 5.97 Å². The molecule has 0 atom stereocenters. The highest BCUT2D eigenvalue weighted by atomic mass is 32.3. The van der Waals surface area contributed by atoms with E-state index in [2.05, 4.69) is 4.74 Å². The molecule has 0 spiro atoms.